The number of benzene rings is 2. The molecule has 1 aliphatic rings. The van der Waals surface area contributed by atoms with Crippen LogP contribution < -0.4 is 10.5 Å². The van der Waals surface area contributed by atoms with Gasteiger partial charge in [0.25, 0.3) is 0 Å². The van der Waals surface area contributed by atoms with Crippen LogP contribution in [0.4, 0.5) is 0 Å². The van der Waals surface area contributed by atoms with Crippen LogP contribution >= 0.6 is 23.2 Å². The van der Waals surface area contributed by atoms with Gasteiger partial charge < -0.3 is 4.74 Å². The molecule has 3 aromatic rings. The lowest BCUT2D eigenvalue weighted by molar-refractivity contribution is 0.228. The molecular weight excluding hydrogens is 395 g/mol. The molecule has 2 heterocycles. The summed E-state index contributed by atoms with van der Waals surface area (Å²) in [6.07, 6.45) is -0.905. The van der Waals surface area contributed by atoms with Gasteiger partial charge in [-0.2, -0.15) is 15.0 Å². The van der Waals surface area contributed by atoms with E-state index >= 15 is 0 Å². The second-order valence-electron chi connectivity index (χ2n) is 6.51. The average molecular weight is 411 g/mol. The first-order chi connectivity index (χ1) is 13.4. The molecule has 0 spiro atoms. The Hall–Kier alpha value is -2.78. The minimum Gasteiger partial charge on any atom is -0.453 e. The summed E-state index contributed by atoms with van der Waals surface area (Å²) in [6, 6.07) is 15.1. The number of hydrogen-bond donors (Lipinski definition) is 1. The molecule has 0 radical (unpaired) electrons. The summed E-state index contributed by atoms with van der Waals surface area (Å²) >= 11 is 12.3. The highest BCUT2D eigenvalue weighted by molar-refractivity contribution is 6.31. The summed E-state index contributed by atoms with van der Waals surface area (Å²) in [5.74, 6) is 0.485. The van der Waals surface area contributed by atoms with Crippen molar-refractivity contribution in [1.82, 2.24) is 9.78 Å². The van der Waals surface area contributed by atoms with Gasteiger partial charge >= 0.3 is 0 Å². The van der Waals surface area contributed by atoms with E-state index in [1.807, 2.05) is 44.2 Å². The fourth-order valence-electron chi connectivity index (χ4n) is 3.38. The summed E-state index contributed by atoms with van der Waals surface area (Å²) in [5.41, 5.74) is 11.2. The van der Waals surface area contributed by atoms with E-state index in [2.05, 4.69) is 11.2 Å². The zero-order chi connectivity index (χ0) is 20.0. The van der Waals surface area contributed by atoms with Crippen LogP contribution in [0.25, 0.3) is 11.3 Å². The minimum absolute atomic E-state index is 0.347. The SMILES string of the molecule is Cc1nn(-c2cccc(Cl)c2C)c2c1C(c1ccc(Cl)cc1)=C(C#N)C(N)O2. The normalized spacial score (nSPS) is 15.8. The smallest absolute Gasteiger partial charge is 0.226 e. The third-order valence-electron chi connectivity index (χ3n) is 4.78. The van der Waals surface area contributed by atoms with Crippen LogP contribution in [-0.4, -0.2) is 16.0 Å². The molecule has 0 amide bonds. The summed E-state index contributed by atoms with van der Waals surface area (Å²) in [6.45, 7) is 3.79. The number of hydrogen-bond acceptors (Lipinski definition) is 4. The maximum atomic E-state index is 9.73. The second-order valence-corrected chi connectivity index (χ2v) is 7.35. The minimum atomic E-state index is -0.905. The molecule has 7 heteroatoms. The van der Waals surface area contributed by atoms with Crippen molar-refractivity contribution < 1.29 is 4.74 Å². The van der Waals surface area contributed by atoms with Gasteiger partial charge in [0.05, 0.1) is 22.5 Å². The Bertz CT molecular complexity index is 1160. The van der Waals surface area contributed by atoms with Gasteiger partial charge in [0.1, 0.15) is 6.07 Å². The van der Waals surface area contributed by atoms with Crippen LogP contribution in [0.15, 0.2) is 48.0 Å². The quantitative estimate of drug-likeness (QED) is 0.657. The number of nitrogens with two attached hydrogens (primary N) is 1. The molecule has 0 fully saturated rings. The van der Waals surface area contributed by atoms with Crippen LogP contribution in [0.1, 0.15) is 22.4 Å². The molecule has 1 atom stereocenters. The van der Waals surface area contributed by atoms with Crippen molar-refractivity contribution in [1.29, 1.82) is 5.26 Å². The largest absolute Gasteiger partial charge is 0.453 e. The fraction of sp³-hybridized carbons (Fsp3) is 0.143. The van der Waals surface area contributed by atoms with Crippen molar-refractivity contribution in [2.24, 2.45) is 5.73 Å². The molecule has 5 nitrogen and oxygen atoms in total. The Morgan fingerprint density at radius 3 is 2.54 bits per heavy atom. The highest BCUT2D eigenvalue weighted by Crippen LogP contribution is 2.42. The van der Waals surface area contributed by atoms with E-state index in [0.717, 1.165) is 28.1 Å². The van der Waals surface area contributed by atoms with E-state index in [1.54, 1.807) is 16.8 Å². The summed E-state index contributed by atoms with van der Waals surface area (Å²) in [4.78, 5) is 0. The molecule has 1 aliphatic heterocycles. The topological polar surface area (TPSA) is 76.9 Å². The molecule has 2 aromatic carbocycles. The van der Waals surface area contributed by atoms with Gasteiger partial charge in [0.15, 0.2) is 6.23 Å². The van der Waals surface area contributed by atoms with Crippen molar-refractivity contribution in [2.45, 2.75) is 20.1 Å². The van der Waals surface area contributed by atoms with Gasteiger partial charge in [0, 0.05) is 15.6 Å². The Morgan fingerprint density at radius 2 is 1.86 bits per heavy atom. The van der Waals surface area contributed by atoms with Crippen LogP contribution in [0, 0.1) is 25.2 Å². The van der Waals surface area contributed by atoms with Crippen LogP contribution in [0.3, 0.4) is 0 Å². The number of aromatic nitrogens is 2. The first-order valence-corrected chi connectivity index (χ1v) is 9.36. The molecular formula is C21H16Cl2N4O. The van der Waals surface area contributed by atoms with E-state index in [0.29, 0.717) is 27.1 Å². The molecule has 0 aliphatic carbocycles. The first-order valence-electron chi connectivity index (χ1n) is 8.60. The second kappa shape index (κ2) is 6.99. The summed E-state index contributed by atoms with van der Waals surface area (Å²) < 4.78 is 7.63. The Morgan fingerprint density at radius 1 is 1.14 bits per heavy atom. The number of aryl methyl sites for hydroxylation is 1. The third-order valence-corrected chi connectivity index (χ3v) is 5.44. The zero-order valence-electron chi connectivity index (χ0n) is 15.2. The molecule has 2 N–H and O–H groups in total. The maximum absolute atomic E-state index is 9.73. The highest BCUT2D eigenvalue weighted by Gasteiger charge is 2.33. The van der Waals surface area contributed by atoms with Gasteiger partial charge in [-0.15, -0.1) is 0 Å². The van der Waals surface area contributed by atoms with Crippen molar-refractivity contribution >= 4 is 28.8 Å². The fourth-order valence-corrected chi connectivity index (χ4v) is 3.68. The average Bonchev–Trinajstić information content (AvgIpc) is 2.99. The van der Waals surface area contributed by atoms with E-state index in [4.69, 9.17) is 33.7 Å². The predicted octanol–water partition coefficient (Wildman–Crippen LogP) is 4.80. The summed E-state index contributed by atoms with van der Waals surface area (Å²) in [5, 5.41) is 15.6. The van der Waals surface area contributed by atoms with E-state index in [1.165, 1.54) is 0 Å². The Labute approximate surface area is 172 Å². The van der Waals surface area contributed by atoms with Gasteiger partial charge in [-0.05, 0) is 49.2 Å². The van der Waals surface area contributed by atoms with Crippen molar-refractivity contribution in [3.8, 4) is 17.6 Å². The van der Waals surface area contributed by atoms with Gasteiger partial charge in [-0.25, -0.2) is 0 Å². The van der Waals surface area contributed by atoms with Crippen molar-refractivity contribution in [3.63, 3.8) is 0 Å². The molecule has 1 unspecified atom stereocenters. The number of halogens is 2. The number of ether oxygens (including phenoxy) is 1. The number of nitrogens with zero attached hydrogens (tertiary/aromatic N) is 3. The monoisotopic (exact) mass is 410 g/mol. The number of fused-ring (bicyclic) bond motifs is 1. The highest BCUT2D eigenvalue weighted by atomic mass is 35.5. The molecule has 140 valence electrons. The lowest BCUT2D eigenvalue weighted by Gasteiger charge is -2.25. The van der Waals surface area contributed by atoms with Crippen molar-refractivity contribution in [3.05, 3.63) is 80.5 Å². The molecule has 0 bridgehead atoms. The summed E-state index contributed by atoms with van der Waals surface area (Å²) in [7, 11) is 0. The van der Waals surface area contributed by atoms with Crippen molar-refractivity contribution in [2.75, 3.05) is 0 Å². The van der Waals surface area contributed by atoms with Gasteiger partial charge in [-0.3, -0.25) is 5.73 Å². The molecule has 0 saturated heterocycles. The van der Waals surface area contributed by atoms with E-state index in [9.17, 15) is 5.26 Å². The number of rotatable bonds is 2. The lowest BCUT2D eigenvalue weighted by atomic mass is 9.91. The third kappa shape index (κ3) is 2.87. The van der Waals surface area contributed by atoms with E-state index in [-0.39, 0.29) is 0 Å². The maximum Gasteiger partial charge on any atom is 0.226 e. The van der Waals surface area contributed by atoms with Gasteiger partial charge in [0.2, 0.25) is 5.88 Å². The first kappa shape index (κ1) is 18.6. The zero-order valence-corrected chi connectivity index (χ0v) is 16.7. The van der Waals surface area contributed by atoms with Crippen LogP contribution in [-0.2, 0) is 0 Å². The van der Waals surface area contributed by atoms with Crippen LogP contribution in [0.2, 0.25) is 10.0 Å². The molecule has 28 heavy (non-hydrogen) atoms. The van der Waals surface area contributed by atoms with Gasteiger partial charge in [-0.1, -0.05) is 41.4 Å². The molecule has 4 rings (SSSR count). The lowest BCUT2D eigenvalue weighted by Crippen LogP contribution is -2.33. The number of nitriles is 1. The Balaban J connectivity index is 2.01. The Kier molecular flexibility index (Phi) is 4.64. The van der Waals surface area contributed by atoms with Crippen LogP contribution in [0.5, 0.6) is 5.88 Å². The van der Waals surface area contributed by atoms with E-state index < -0.39 is 6.23 Å². The standard InChI is InChI=1S/C21H16Cl2N4O/c1-11-16(23)4-3-5-17(11)27-21-18(12(2)26-27)19(15(10-24)20(25)28-21)13-6-8-14(22)9-7-13/h3-9,20H,25H2,1-2H3. The molecule has 0 saturated carbocycles. The molecule has 1 aromatic heterocycles. The predicted molar refractivity (Wildman–Crippen MR) is 110 cm³/mol.